The molecule has 3 aromatic rings. The second kappa shape index (κ2) is 8.66. The van der Waals surface area contributed by atoms with Crippen LogP contribution in [0.5, 0.6) is 5.75 Å². The number of nitrogens with zero attached hydrogens (tertiary/aromatic N) is 4. The molecule has 152 valence electrons. The average Bonchev–Trinajstić information content (AvgIpc) is 2.75. The van der Waals surface area contributed by atoms with Crippen LogP contribution in [0.25, 0.3) is 16.6 Å². The average molecular weight is 393 g/mol. The first-order valence-electron chi connectivity index (χ1n) is 10.3. The summed E-state index contributed by atoms with van der Waals surface area (Å²) in [5.41, 5.74) is 2.61. The van der Waals surface area contributed by atoms with Crippen LogP contribution in [0.3, 0.4) is 0 Å². The van der Waals surface area contributed by atoms with E-state index in [0.717, 1.165) is 50.5 Å². The Balaban J connectivity index is 1.56. The van der Waals surface area contributed by atoms with Gasteiger partial charge in [0.15, 0.2) is 0 Å². The SMILES string of the molecule is CCCCOc1ccc2c(=O)n(-c3ccc(N4CCN(C)CC4)cc3)cnc2c1. The monoisotopic (exact) mass is 392 g/mol. The van der Waals surface area contributed by atoms with Gasteiger partial charge >= 0.3 is 0 Å². The molecule has 2 aromatic carbocycles. The third-order valence-corrected chi connectivity index (χ3v) is 5.49. The maximum Gasteiger partial charge on any atom is 0.265 e. The number of fused-ring (bicyclic) bond motifs is 1. The van der Waals surface area contributed by atoms with Gasteiger partial charge in [-0.3, -0.25) is 9.36 Å². The van der Waals surface area contributed by atoms with Gasteiger partial charge < -0.3 is 14.5 Å². The van der Waals surface area contributed by atoms with Crippen LogP contribution < -0.4 is 15.2 Å². The quantitative estimate of drug-likeness (QED) is 0.603. The Morgan fingerprint density at radius 1 is 1.00 bits per heavy atom. The van der Waals surface area contributed by atoms with Crippen LogP contribution in [0.1, 0.15) is 19.8 Å². The maximum atomic E-state index is 13.0. The zero-order valence-electron chi connectivity index (χ0n) is 17.2. The third kappa shape index (κ3) is 4.27. The molecule has 1 aliphatic heterocycles. The molecule has 2 heterocycles. The number of hydrogen-bond donors (Lipinski definition) is 0. The Kier molecular flexibility index (Phi) is 5.81. The summed E-state index contributed by atoms with van der Waals surface area (Å²) in [5.74, 6) is 0.757. The molecule has 0 amide bonds. The van der Waals surface area contributed by atoms with Crippen molar-refractivity contribution in [3.63, 3.8) is 0 Å². The predicted octanol–water partition coefficient (Wildman–Crippen LogP) is 3.32. The van der Waals surface area contributed by atoms with E-state index in [1.807, 2.05) is 24.3 Å². The largest absolute Gasteiger partial charge is 0.494 e. The molecule has 0 spiro atoms. The van der Waals surface area contributed by atoms with Gasteiger partial charge in [0.25, 0.3) is 5.56 Å². The van der Waals surface area contributed by atoms with E-state index in [1.165, 1.54) is 5.69 Å². The van der Waals surface area contributed by atoms with Crippen molar-refractivity contribution < 1.29 is 4.74 Å². The summed E-state index contributed by atoms with van der Waals surface area (Å²) in [4.78, 5) is 22.2. The number of rotatable bonds is 6. The highest BCUT2D eigenvalue weighted by molar-refractivity contribution is 5.79. The molecule has 1 aromatic heterocycles. The minimum Gasteiger partial charge on any atom is -0.494 e. The lowest BCUT2D eigenvalue weighted by Gasteiger charge is -2.34. The predicted molar refractivity (Wildman–Crippen MR) is 117 cm³/mol. The molecule has 29 heavy (non-hydrogen) atoms. The van der Waals surface area contributed by atoms with Crippen LogP contribution in [-0.4, -0.2) is 54.3 Å². The zero-order chi connectivity index (χ0) is 20.2. The van der Waals surface area contributed by atoms with Crippen molar-refractivity contribution in [2.45, 2.75) is 19.8 Å². The highest BCUT2D eigenvalue weighted by Gasteiger charge is 2.14. The van der Waals surface area contributed by atoms with Crippen LogP contribution in [0.15, 0.2) is 53.6 Å². The lowest BCUT2D eigenvalue weighted by molar-refractivity contribution is 0.310. The first kappa shape index (κ1) is 19.5. The van der Waals surface area contributed by atoms with E-state index in [2.05, 4.69) is 40.9 Å². The van der Waals surface area contributed by atoms with Crippen LogP contribution in [0.4, 0.5) is 5.69 Å². The number of hydrogen-bond acceptors (Lipinski definition) is 5. The van der Waals surface area contributed by atoms with Crippen LogP contribution in [0, 0.1) is 0 Å². The Morgan fingerprint density at radius 3 is 2.45 bits per heavy atom. The smallest absolute Gasteiger partial charge is 0.265 e. The molecule has 1 fully saturated rings. The number of benzene rings is 2. The van der Waals surface area contributed by atoms with Gasteiger partial charge in [0.1, 0.15) is 12.1 Å². The second-order valence-electron chi connectivity index (χ2n) is 7.61. The van der Waals surface area contributed by atoms with Crippen molar-refractivity contribution in [1.82, 2.24) is 14.5 Å². The lowest BCUT2D eigenvalue weighted by Crippen LogP contribution is -2.44. The fourth-order valence-electron chi connectivity index (χ4n) is 3.60. The van der Waals surface area contributed by atoms with Crippen molar-refractivity contribution >= 4 is 16.6 Å². The van der Waals surface area contributed by atoms with Gasteiger partial charge in [-0.25, -0.2) is 4.98 Å². The van der Waals surface area contributed by atoms with Crippen molar-refractivity contribution in [1.29, 1.82) is 0 Å². The van der Waals surface area contributed by atoms with Gasteiger partial charge in [-0.2, -0.15) is 0 Å². The minimum absolute atomic E-state index is 0.0672. The minimum atomic E-state index is -0.0672. The molecular formula is C23H28N4O2. The summed E-state index contributed by atoms with van der Waals surface area (Å²) in [6, 6.07) is 13.6. The van der Waals surface area contributed by atoms with Gasteiger partial charge in [0.05, 0.1) is 23.2 Å². The summed E-state index contributed by atoms with van der Waals surface area (Å²) in [5, 5.41) is 0.596. The van der Waals surface area contributed by atoms with E-state index in [4.69, 9.17) is 4.74 Å². The molecule has 0 bridgehead atoms. The molecule has 0 aliphatic carbocycles. The highest BCUT2D eigenvalue weighted by Crippen LogP contribution is 2.20. The van der Waals surface area contributed by atoms with E-state index >= 15 is 0 Å². The van der Waals surface area contributed by atoms with Crippen LogP contribution >= 0.6 is 0 Å². The highest BCUT2D eigenvalue weighted by atomic mass is 16.5. The first-order chi connectivity index (χ1) is 14.2. The molecule has 0 atom stereocenters. The van der Waals surface area contributed by atoms with E-state index in [1.54, 1.807) is 17.0 Å². The lowest BCUT2D eigenvalue weighted by atomic mass is 10.2. The molecule has 1 aliphatic rings. The molecule has 6 heteroatoms. The maximum absolute atomic E-state index is 13.0. The summed E-state index contributed by atoms with van der Waals surface area (Å²) >= 11 is 0. The number of likely N-dealkylation sites (N-methyl/N-ethyl adjacent to an activating group) is 1. The van der Waals surface area contributed by atoms with Crippen molar-refractivity contribution in [2.24, 2.45) is 0 Å². The molecule has 0 N–H and O–H groups in total. The molecule has 0 radical (unpaired) electrons. The second-order valence-corrected chi connectivity index (χ2v) is 7.61. The van der Waals surface area contributed by atoms with Gasteiger partial charge in [-0.15, -0.1) is 0 Å². The normalized spacial score (nSPS) is 15.0. The number of unbranched alkanes of at least 4 members (excludes halogenated alkanes) is 1. The van der Waals surface area contributed by atoms with E-state index in [9.17, 15) is 4.79 Å². The number of anilines is 1. The van der Waals surface area contributed by atoms with Gasteiger partial charge in [0.2, 0.25) is 0 Å². The van der Waals surface area contributed by atoms with E-state index in [0.29, 0.717) is 17.5 Å². The Labute approximate surface area is 171 Å². The Hall–Kier alpha value is -2.86. The van der Waals surface area contributed by atoms with E-state index < -0.39 is 0 Å². The topological polar surface area (TPSA) is 50.6 Å². The van der Waals surface area contributed by atoms with Crippen molar-refractivity contribution in [3.05, 3.63) is 59.1 Å². The van der Waals surface area contributed by atoms with Gasteiger partial charge in [-0.05, 0) is 49.9 Å². The number of ether oxygens (including phenoxy) is 1. The molecule has 1 saturated heterocycles. The fourth-order valence-corrected chi connectivity index (χ4v) is 3.60. The van der Waals surface area contributed by atoms with Crippen LogP contribution in [0.2, 0.25) is 0 Å². The number of aromatic nitrogens is 2. The number of piperazine rings is 1. The summed E-state index contributed by atoms with van der Waals surface area (Å²) in [6.07, 6.45) is 3.70. The standard InChI is InChI=1S/C23H28N4O2/c1-3-4-15-29-20-9-10-21-22(16-20)24-17-27(23(21)28)19-7-5-18(6-8-19)26-13-11-25(2)12-14-26/h5-10,16-17H,3-4,11-15H2,1-2H3. The fraction of sp³-hybridized carbons (Fsp3) is 0.391. The molecule has 0 unspecified atom stereocenters. The van der Waals surface area contributed by atoms with Crippen LogP contribution in [-0.2, 0) is 0 Å². The third-order valence-electron chi connectivity index (χ3n) is 5.49. The van der Waals surface area contributed by atoms with Crippen molar-refractivity contribution in [2.75, 3.05) is 44.7 Å². The molecule has 6 nitrogen and oxygen atoms in total. The summed E-state index contributed by atoms with van der Waals surface area (Å²) in [6.45, 7) is 7.00. The zero-order valence-corrected chi connectivity index (χ0v) is 17.2. The first-order valence-corrected chi connectivity index (χ1v) is 10.3. The Morgan fingerprint density at radius 2 is 1.72 bits per heavy atom. The van der Waals surface area contributed by atoms with E-state index in [-0.39, 0.29) is 5.56 Å². The molecule has 4 rings (SSSR count). The van der Waals surface area contributed by atoms with Gasteiger partial charge in [0, 0.05) is 37.9 Å². The molecule has 0 saturated carbocycles. The van der Waals surface area contributed by atoms with Crippen molar-refractivity contribution in [3.8, 4) is 11.4 Å². The Bertz CT molecular complexity index is 1020. The van der Waals surface area contributed by atoms with Gasteiger partial charge in [-0.1, -0.05) is 13.3 Å². The molecular weight excluding hydrogens is 364 g/mol. The summed E-state index contributed by atoms with van der Waals surface area (Å²) < 4.78 is 7.34. The summed E-state index contributed by atoms with van der Waals surface area (Å²) in [7, 11) is 2.15.